The van der Waals surface area contributed by atoms with Crippen LogP contribution in [0.4, 0.5) is 0 Å². The van der Waals surface area contributed by atoms with Gasteiger partial charge in [-0.1, -0.05) is 12.1 Å². The van der Waals surface area contributed by atoms with Gasteiger partial charge in [0.05, 0.1) is 21.7 Å². The van der Waals surface area contributed by atoms with Crippen molar-refractivity contribution < 1.29 is 4.52 Å². The molecule has 0 fully saturated rings. The number of hydrogen-bond donors (Lipinski definition) is 0. The van der Waals surface area contributed by atoms with Crippen molar-refractivity contribution in [1.82, 2.24) is 24.7 Å². The minimum absolute atomic E-state index is 0.524. The van der Waals surface area contributed by atoms with Crippen LogP contribution in [0.2, 0.25) is 0 Å². The molecule has 3 heterocycles. The summed E-state index contributed by atoms with van der Waals surface area (Å²) in [7, 11) is 0. The predicted molar refractivity (Wildman–Crippen MR) is 98.7 cm³/mol. The maximum atomic E-state index is 5.48. The Morgan fingerprint density at radius 3 is 2.64 bits per heavy atom. The van der Waals surface area contributed by atoms with Crippen LogP contribution >= 0.6 is 11.3 Å². The van der Waals surface area contributed by atoms with E-state index in [1.165, 1.54) is 0 Å². The number of fused-ring (bicyclic) bond motifs is 1. The lowest BCUT2D eigenvalue weighted by Gasteiger charge is -2.04. The van der Waals surface area contributed by atoms with Crippen molar-refractivity contribution in [2.24, 2.45) is 0 Å². The standard InChI is InChI=1S/C18H19N5OS/c1-5-15-20-13-8-7-12(9-14(13)23(15)6-2)17-21-18(24-22-17)16-10(3)19-11(4)25-16/h7-9H,5-6H2,1-4H3. The zero-order chi connectivity index (χ0) is 17.6. The van der Waals surface area contributed by atoms with Gasteiger partial charge in [-0.15, -0.1) is 11.3 Å². The number of thiazole rings is 1. The first-order valence-electron chi connectivity index (χ1n) is 8.38. The maximum Gasteiger partial charge on any atom is 0.270 e. The molecule has 6 nitrogen and oxygen atoms in total. The number of imidazole rings is 1. The summed E-state index contributed by atoms with van der Waals surface area (Å²) in [5.74, 6) is 2.21. The molecule has 0 N–H and O–H groups in total. The van der Waals surface area contributed by atoms with Crippen LogP contribution in [0.15, 0.2) is 22.7 Å². The van der Waals surface area contributed by atoms with Crippen LogP contribution in [0.25, 0.3) is 33.2 Å². The fourth-order valence-electron chi connectivity index (χ4n) is 3.10. The van der Waals surface area contributed by atoms with Crippen LogP contribution in [0.5, 0.6) is 0 Å². The minimum atomic E-state index is 0.524. The van der Waals surface area contributed by atoms with E-state index in [1.54, 1.807) is 11.3 Å². The summed E-state index contributed by atoms with van der Waals surface area (Å²) >= 11 is 1.57. The second-order valence-electron chi connectivity index (χ2n) is 5.90. The highest BCUT2D eigenvalue weighted by molar-refractivity contribution is 7.15. The van der Waals surface area contributed by atoms with Crippen LogP contribution < -0.4 is 0 Å². The van der Waals surface area contributed by atoms with Gasteiger partial charge in [0, 0.05) is 18.5 Å². The van der Waals surface area contributed by atoms with Gasteiger partial charge in [0.2, 0.25) is 5.82 Å². The summed E-state index contributed by atoms with van der Waals surface area (Å²) in [4.78, 5) is 14.6. The lowest BCUT2D eigenvalue weighted by Crippen LogP contribution is -1.99. The molecule has 1 aromatic carbocycles. The van der Waals surface area contributed by atoms with Crippen molar-refractivity contribution in [3.05, 3.63) is 34.7 Å². The Kier molecular flexibility index (Phi) is 3.88. The summed E-state index contributed by atoms with van der Waals surface area (Å²) in [6, 6.07) is 6.10. The highest BCUT2D eigenvalue weighted by Crippen LogP contribution is 2.30. The first-order valence-corrected chi connectivity index (χ1v) is 9.20. The molecule has 0 bridgehead atoms. The van der Waals surface area contributed by atoms with Crippen molar-refractivity contribution in [3.63, 3.8) is 0 Å². The molecule has 0 spiro atoms. The van der Waals surface area contributed by atoms with Crippen molar-refractivity contribution in [1.29, 1.82) is 0 Å². The van der Waals surface area contributed by atoms with Gasteiger partial charge in [-0.05, 0) is 39.0 Å². The highest BCUT2D eigenvalue weighted by atomic mass is 32.1. The van der Waals surface area contributed by atoms with Gasteiger partial charge in [-0.2, -0.15) is 4.98 Å². The van der Waals surface area contributed by atoms with Gasteiger partial charge in [0.25, 0.3) is 5.89 Å². The number of aryl methyl sites for hydroxylation is 4. The summed E-state index contributed by atoms with van der Waals surface area (Å²) in [5, 5.41) is 5.16. The Hall–Kier alpha value is -2.54. The topological polar surface area (TPSA) is 69.6 Å². The lowest BCUT2D eigenvalue weighted by molar-refractivity contribution is 0.433. The molecule has 3 aromatic heterocycles. The van der Waals surface area contributed by atoms with Gasteiger partial charge >= 0.3 is 0 Å². The summed E-state index contributed by atoms with van der Waals surface area (Å²) in [6.07, 6.45) is 0.911. The van der Waals surface area contributed by atoms with E-state index in [0.29, 0.717) is 11.7 Å². The van der Waals surface area contributed by atoms with E-state index < -0.39 is 0 Å². The van der Waals surface area contributed by atoms with Crippen molar-refractivity contribution in [3.8, 4) is 22.2 Å². The third kappa shape index (κ3) is 2.64. The molecule has 0 saturated heterocycles. The Bertz CT molecular complexity index is 1060. The van der Waals surface area contributed by atoms with Gasteiger partial charge in [-0.3, -0.25) is 0 Å². The van der Waals surface area contributed by atoms with Crippen LogP contribution in [0, 0.1) is 13.8 Å². The fraction of sp³-hybridized carbons (Fsp3) is 0.333. The van der Waals surface area contributed by atoms with Gasteiger partial charge in [0.15, 0.2) is 0 Å². The molecule has 0 unspecified atom stereocenters. The third-order valence-corrected chi connectivity index (χ3v) is 5.30. The van der Waals surface area contributed by atoms with E-state index in [1.807, 2.05) is 26.0 Å². The fourth-order valence-corrected chi connectivity index (χ4v) is 3.94. The second kappa shape index (κ2) is 6.07. The van der Waals surface area contributed by atoms with E-state index in [4.69, 9.17) is 9.51 Å². The smallest absolute Gasteiger partial charge is 0.270 e. The third-order valence-electron chi connectivity index (χ3n) is 4.24. The largest absolute Gasteiger partial charge is 0.333 e. The van der Waals surface area contributed by atoms with Crippen molar-refractivity contribution in [2.45, 2.75) is 40.7 Å². The predicted octanol–water partition coefficient (Wildman–Crippen LogP) is 4.41. The molecule has 0 atom stereocenters. The summed E-state index contributed by atoms with van der Waals surface area (Å²) in [6.45, 7) is 9.08. The average molecular weight is 353 g/mol. The molecule has 0 aliphatic heterocycles. The average Bonchev–Trinajstić information content (AvgIpc) is 3.30. The molecular weight excluding hydrogens is 334 g/mol. The van der Waals surface area contributed by atoms with E-state index >= 15 is 0 Å². The molecule has 0 saturated carbocycles. The number of nitrogens with zero attached hydrogens (tertiary/aromatic N) is 5. The molecular formula is C18H19N5OS. The Morgan fingerprint density at radius 2 is 1.96 bits per heavy atom. The molecule has 7 heteroatoms. The number of benzene rings is 1. The molecule has 128 valence electrons. The zero-order valence-corrected chi connectivity index (χ0v) is 15.5. The van der Waals surface area contributed by atoms with Crippen molar-refractivity contribution >= 4 is 22.4 Å². The SMILES string of the molecule is CCc1nc2ccc(-c3noc(-c4sc(C)nc4C)n3)cc2n1CC. The van der Waals surface area contributed by atoms with Crippen molar-refractivity contribution in [2.75, 3.05) is 0 Å². The molecule has 4 aromatic rings. The Balaban J connectivity index is 1.79. The quantitative estimate of drug-likeness (QED) is 0.543. The van der Waals surface area contributed by atoms with E-state index in [2.05, 4.69) is 39.6 Å². The first kappa shape index (κ1) is 16.0. The highest BCUT2D eigenvalue weighted by Gasteiger charge is 2.17. The second-order valence-corrected chi connectivity index (χ2v) is 7.10. The molecule has 0 amide bonds. The van der Waals surface area contributed by atoms with Gasteiger partial charge < -0.3 is 9.09 Å². The van der Waals surface area contributed by atoms with E-state index in [0.717, 1.165) is 51.0 Å². The zero-order valence-electron chi connectivity index (χ0n) is 14.7. The summed E-state index contributed by atoms with van der Waals surface area (Å²) < 4.78 is 7.71. The van der Waals surface area contributed by atoms with E-state index in [-0.39, 0.29) is 0 Å². The number of hydrogen-bond acceptors (Lipinski definition) is 6. The maximum absolute atomic E-state index is 5.48. The molecule has 0 radical (unpaired) electrons. The lowest BCUT2D eigenvalue weighted by atomic mass is 10.2. The van der Waals surface area contributed by atoms with Crippen LogP contribution in [-0.2, 0) is 13.0 Å². The van der Waals surface area contributed by atoms with Gasteiger partial charge in [0.1, 0.15) is 10.7 Å². The Labute approximate surface area is 149 Å². The summed E-state index contributed by atoms with van der Waals surface area (Å²) in [5.41, 5.74) is 3.96. The number of aromatic nitrogens is 5. The number of rotatable bonds is 4. The van der Waals surface area contributed by atoms with Gasteiger partial charge in [-0.25, -0.2) is 9.97 Å². The molecule has 4 rings (SSSR count). The minimum Gasteiger partial charge on any atom is -0.333 e. The first-order chi connectivity index (χ1) is 12.1. The molecule has 25 heavy (non-hydrogen) atoms. The normalized spacial score (nSPS) is 11.5. The van der Waals surface area contributed by atoms with Crippen LogP contribution in [-0.4, -0.2) is 24.7 Å². The van der Waals surface area contributed by atoms with E-state index in [9.17, 15) is 0 Å². The van der Waals surface area contributed by atoms with Crippen LogP contribution in [0.1, 0.15) is 30.4 Å². The molecule has 0 aliphatic carbocycles. The molecule has 0 aliphatic rings. The van der Waals surface area contributed by atoms with Crippen LogP contribution in [0.3, 0.4) is 0 Å². The Morgan fingerprint density at radius 1 is 1.12 bits per heavy atom. The monoisotopic (exact) mass is 353 g/mol.